The minimum Gasteiger partial charge on any atom is -0.493 e. The number of methoxy groups -OCH3 is 4. The second-order valence-electron chi connectivity index (χ2n) is 6.62. The van der Waals surface area contributed by atoms with E-state index >= 15 is 0 Å². The lowest BCUT2D eigenvalue weighted by Crippen LogP contribution is -2.38. The van der Waals surface area contributed by atoms with Gasteiger partial charge < -0.3 is 23.8 Å². The van der Waals surface area contributed by atoms with Gasteiger partial charge in [0.15, 0.2) is 28.2 Å². The van der Waals surface area contributed by atoms with Crippen molar-refractivity contribution in [1.82, 2.24) is 0 Å². The number of ether oxygens (including phenoxy) is 4. The molecule has 4 rings (SSSR count). The van der Waals surface area contributed by atoms with Crippen molar-refractivity contribution in [3.63, 3.8) is 0 Å². The van der Waals surface area contributed by atoms with Crippen LogP contribution in [-0.4, -0.2) is 39.9 Å². The van der Waals surface area contributed by atoms with Crippen molar-refractivity contribution in [3.8, 4) is 23.0 Å². The number of hydrogen-bond acceptors (Lipinski definition) is 7. The van der Waals surface area contributed by atoms with Crippen LogP contribution in [0.1, 0.15) is 23.6 Å². The Morgan fingerprint density at radius 3 is 2.14 bits per heavy atom. The van der Waals surface area contributed by atoms with Gasteiger partial charge in [0.1, 0.15) is 0 Å². The highest BCUT2D eigenvalue weighted by Gasteiger charge is 2.36. The summed E-state index contributed by atoms with van der Waals surface area (Å²) in [5, 5.41) is 0.956. The number of anilines is 1. The van der Waals surface area contributed by atoms with E-state index < -0.39 is 0 Å². The van der Waals surface area contributed by atoms with Crippen LogP contribution in [-0.2, 0) is 6.42 Å². The van der Waals surface area contributed by atoms with Crippen LogP contribution >= 0.6 is 11.8 Å². The first-order valence-corrected chi connectivity index (χ1v) is 10.3. The first-order valence-electron chi connectivity index (χ1n) is 9.07. The summed E-state index contributed by atoms with van der Waals surface area (Å²) >= 11 is 1.64. The minimum atomic E-state index is 0.181. The largest absolute Gasteiger partial charge is 0.493 e. The minimum absolute atomic E-state index is 0.181. The van der Waals surface area contributed by atoms with Gasteiger partial charge in [-0.1, -0.05) is 11.8 Å². The molecule has 2 heterocycles. The number of rotatable bonds is 4. The average molecular weight is 401 g/mol. The predicted molar refractivity (Wildman–Crippen MR) is 113 cm³/mol. The van der Waals surface area contributed by atoms with Crippen LogP contribution in [0.25, 0.3) is 0 Å². The molecule has 1 atom stereocenters. The Kier molecular flexibility index (Phi) is 5.02. The van der Waals surface area contributed by atoms with Crippen molar-refractivity contribution in [3.05, 3.63) is 35.4 Å². The molecule has 0 N–H and O–H groups in total. The summed E-state index contributed by atoms with van der Waals surface area (Å²) in [5.74, 6) is 2.90. The lowest BCUT2D eigenvalue weighted by molar-refractivity contribution is 0.353. The normalized spacial score (nSPS) is 17.1. The molecule has 1 unspecified atom stereocenters. The SMILES string of the molecule is COc1cc2c(cc1OC)N1C(SC)=Nc3cc(OC)c(OC)cc3C1CC2. The van der Waals surface area contributed by atoms with Crippen LogP contribution in [0.2, 0.25) is 0 Å². The molecule has 0 aliphatic carbocycles. The van der Waals surface area contributed by atoms with E-state index in [0.29, 0.717) is 5.75 Å². The number of fused-ring (bicyclic) bond motifs is 5. The van der Waals surface area contributed by atoms with E-state index in [1.54, 1.807) is 40.2 Å². The fourth-order valence-electron chi connectivity index (χ4n) is 4.00. The van der Waals surface area contributed by atoms with Gasteiger partial charge in [0, 0.05) is 17.7 Å². The number of benzene rings is 2. The fraction of sp³-hybridized carbons (Fsp3) is 0.381. The van der Waals surface area contributed by atoms with Crippen molar-refractivity contribution in [1.29, 1.82) is 0 Å². The van der Waals surface area contributed by atoms with Crippen molar-refractivity contribution in [2.45, 2.75) is 18.9 Å². The summed E-state index contributed by atoms with van der Waals surface area (Å²) in [6.45, 7) is 0. The first-order chi connectivity index (χ1) is 13.6. The standard InChI is InChI=1S/C21H24N2O4S/c1-24-17-8-12-6-7-15-13-9-18(25-2)19(26-3)10-14(13)22-21(28-5)23(15)16(12)11-20(17)27-4/h8-11,15H,6-7H2,1-5H3. The lowest BCUT2D eigenvalue weighted by Gasteiger charge is -2.42. The second kappa shape index (κ2) is 7.47. The molecule has 2 aliphatic heterocycles. The molecule has 0 saturated heterocycles. The van der Waals surface area contributed by atoms with E-state index in [2.05, 4.69) is 29.4 Å². The maximum atomic E-state index is 5.55. The molecule has 0 spiro atoms. The van der Waals surface area contributed by atoms with E-state index in [1.807, 2.05) is 6.07 Å². The molecule has 2 aromatic rings. The zero-order valence-electron chi connectivity index (χ0n) is 16.7. The van der Waals surface area contributed by atoms with Crippen LogP contribution in [0.15, 0.2) is 29.3 Å². The van der Waals surface area contributed by atoms with Gasteiger partial charge in [-0.25, -0.2) is 4.99 Å². The van der Waals surface area contributed by atoms with E-state index in [-0.39, 0.29) is 6.04 Å². The lowest BCUT2D eigenvalue weighted by atomic mass is 9.89. The molecule has 0 amide bonds. The molecule has 2 aliphatic rings. The highest BCUT2D eigenvalue weighted by molar-refractivity contribution is 8.13. The van der Waals surface area contributed by atoms with Crippen molar-refractivity contribution in [2.24, 2.45) is 4.99 Å². The van der Waals surface area contributed by atoms with Crippen LogP contribution < -0.4 is 23.8 Å². The molecule has 0 saturated carbocycles. The van der Waals surface area contributed by atoms with E-state index in [0.717, 1.165) is 52.2 Å². The second-order valence-corrected chi connectivity index (χ2v) is 7.40. The van der Waals surface area contributed by atoms with Crippen molar-refractivity contribution in [2.75, 3.05) is 39.6 Å². The summed E-state index contributed by atoms with van der Waals surface area (Å²) in [6.07, 6.45) is 3.98. The highest BCUT2D eigenvalue weighted by atomic mass is 32.2. The topological polar surface area (TPSA) is 52.5 Å². The molecular weight excluding hydrogens is 376 g/mol. The van der Waals surface area contributed by atoms with Gasteiger partial charge in [-0.15, -0.1) is 0 Å². The molecule has 6 nitrogen and oxygen atoms in total. The Morgan fingerprint density at radius 2 is 1.50 bits per heavy atom. The van der Waals surface area contributed by atoms with Gasteiger partial charge >= 0.3 is 0 Å². The van der Waals surface area contributed by atoms with Gasteiger partial charge in [-0.2, -0.15) is 0 Å². The zero-order valence-corrected chi connectivity index (χ0v) is 17.6. The number of thioether (sulfide) groups is 1. The van der Waals surface area contributed by atoms with Gasteiger partial charge in [0.2, 0.25) is 0 Å². The zero-order chi connectivity index (χ0) is 19.8. The first kappa shape index (κ1) is 18.8. The molecule has 0 aromatic heterocycles. The van der Waals surface area contributed by atoms with Crippen molar-refractivity contribution < 1.29 is 18.9 Å². The molecule has 0 bridgehead atoms. The Bertz CT molecular complexity index is 944. The third-order valence-electron chi connectivity index (χ3n) is 5.34. The fourth-order valence-corrected chi connectivity index (χ4v) is 4.62. The predicted octanol–water partition coefficient (Wildman–Crippen LogP) is 4.58. The molecule has 2 aromatic carbocycles. The van der Waals surface area contributed by atoms with E-state index in [9.17, 15) is 0 Å². The van der Waals surface area contributed by atoms with Crippen LogP contribution in [0.3, 0.4) is 0 Å². The highest BCUT2D eigenvalue weighted by Crippen LogP contribution is 2.50. The molecule has 7 heteroatoms. The number of aryl methyl sites for hydroxylation is 1. The third kappa shape index (κ3) is 2.85. The van der Waals surface area contributed by atoms with Crippen LogP contribution in [0, 0.1) is 0 Å². The molecule has 0 radical (unpaired) electrons. The Morgan fingerprint density at radius 1 is 0.893 bits per heavy atom. The summed E-state index contributed by atoms with van der Waals surface area (Å²) in [6, 6.07) is 8.33. The third-order valence-corrected chi connectivity index (χ3v) is 5.99. The Hall–Kier alpha value is -2.54. The molecular formula is C21H24N2O4S. The summed E-state index contributed by atoms with van der Waals surface area (Å²) in [4.78, 5) is 7.23. The number of aliphatic imine (C=N–C) groups is 1. The van der Waals surface area contributed by atoms with Gasteiger partial charge in [-0.3, -0.25) is 0 Å². The smallest absolute Gasteiger partial charge is 0.169 e. The number of hydrogen-bond donors (Lipinski definition) is 0. The molecule has 0 fully saturated rings. The maximum absolute atomic E-state index is 5.55. The molecule has 148 valence electrons. The Labute approximate surface area is 169 Å². The van der Waals surface area contributed by atoms with Crippen LogP contribution in [0.4, 0.5) is 11.4 Å². The number of amidine groups is 1. The summed E-state index contributed by atoms with van der Waals surface area (Å²) < 4.78 is 22.1. The van der Waals surface area contributed by atoms with E-state index in [1.165, 1.54) is 5.56 Å². The van der Waals surface area contributed by atoms with E-state index in [4.69, 9.17) is 23.9 Å². The van der Waals surface area contributed by atoms with Crippen molar-refractivity contribution >= 4 is 28.3 Å². The van der Waals surface area contributed by atoms with Crippen LogP contribution in [0.5, 0.6) is 23.0 Å². The molecule has 28 heavy (non-hydrogen) atoms. The summed E-state index contributed by atoms with van der Waals surface area (Å²) in [7, 11) is 6.64. The van der Waals surface area contributed by atoms with Gasteiger partial charge in [0.25, 0.3) is 0 Å². The average Bonchev–Trinajstić information content (AvgIpc) is 2.75. The summed E-state index contributed by atoms with van der Waals surface area (Å²) in [5.41, 5.74) is 4.44. The van der Waals surface area contributed by atoms with Gasteiger partial charge in [-0.05, 0) is 36.8 Å². The monoisotopic (exact) mass is 400 g/mol. The maximum Gasteiger partial charge on any atom is 0.169 e. The quantitative estimate of drug-likeness (QED) is 0.749. The Balaban J connectivity index is 1.89. The number of nitrogens with zero attached hydrogens (tertiary/aromatic N) is 2. The van der Waals surface area contributed by atoms with Gasteiger partial charge in [0.05, 0.1) is 45.9 Å².